The number of hydrogen-bond donors (Lipinski definition) is 2. The van der Waals surface area contributed by atoms with Gasteiger partial charge in [0.2, 0.25) is 0 Å². The van der Waals surface area contributed by atoms with E-state index in [2.05, 4.69) is 19.2 Å². The summed E-state index contributed by atoms with van der Waals surface area (Å²) in [4.78, 5) is 0. The Balaban J connectivity index is 2.01. The molecule has 0 radical (unpaired) electrons. The van der Waals surface area contributed by atoms with Crippen LogP contribution in [-0.2, 0) is 11.3 Å². The van der Waals surface area contributed by atoms with Crippen LogP contribution >= 0.6 is 0 Å². The quantitative estimate of drug-likeness (QED) is 0.858. The standard InChI is InChI=1S/C15H23NO3/c1-4-18-14-9-12(5-6-13(14)17)10-16-15(3)7-8-19-11(15)2/h5-6,9,11,16-17H,4,7-8,10H2,1-3H3. The van der Waals surface area contributed by atoms with Crippen molar-refractivity contribution in [3.8, 4) is 11.5 Å². The minimum absolute atomic E-state index is 0.0175. The van der Waals surface area contributed by atoms with Gasteiger partial charge in [0.15, 0.2) is 11.5 Å². The maximum Gasteiger partial charge on any atom is 0.161 e. The number of nitrogens with one attached hydrogen (secondary N) is 1. The zero-order valence-electron chi connectivity index (χ0n) is 11.9. The summed E-state index contributed by atoms with van der Waals surface area (Å²) in [5.41, 5.74) is 1.12. The van der Waals surface area contributed by atoms with E-state index in [0.29, 0.717) is 12.4 Å². The van der Waals surface area contributed by atoms with Crippen molar-refractivity contribution in [1.29, 1.82) is 0 Å². The van der Waals surface area contributed by atoms with Crippen molar-refractivity contribution in [3.63, 3.8) is 0 Å². The van der Waals surface area contributed by atoms with Crippen LogP contribution in [0, 0.1) is 0 Å². The molecule has 2 rings (SSSR count). The highest BCUT2D eigenvalue weighted by Gasteiger charge is 2.36. The van der Waals surface area contributed by atoms with Crippen molar-refractivity contribution in [2.24, 2.45) is 0 Å². The first kappa shape index (κ1) is 14.2. The highest BCUT2D eigenvalue weighted by molar-refractivity contribution is 5.41. The third-order valence-corrected chi connectivity index (χ3v) is 3.91. The molecule has 1 heterocycles. The van der Waals surface area contributed by atoms with Gasteiger partial charge in [-0.1, -0.05) is 6.07 Å². The highest BCUT2D eigenvalue weighted by Crippen LogP contribution is 2.28. The van der Waals surface area contributed by atoms with Crippen molar-refractivity contribution >= 4 is 0 Å². The largest absolute Gasteiger partial charge is 0.504 e. The van der Waals surface area contributed by atoms with Gasteiger partial charge in [0.05, 0.1) is 12.7 Å². The summed E-state index contributed by atoms with van der Waals surface area (Å²) in [7, 11) is 0. The molecule has 0 aliphatic carbocycles. The Bertz CT molecular complexity index is 435. The van der Waals surface area contributed by atoms with E-state index in [0.717, 1.165) is 25.1 Å². The van der Waals surface area contributed by atoms with Gasteiger partial charge in [-0.25, -0.2) is 0 Å². The van der Waals surface area contributed by atoms with E-state index in [1.54, 1.807) is 6.07 Å². The Hall–Kier alpha value is -1.26. The highest BCUT2D eigenvalue weighted by atomic mass is 16.5. The van der Waals surface area contributed by atoms with Crippen LogP contribution in [0.15, 0.2) is 18.2 Å². The monoisotopic (exact) mass is 265 g/mol. The third kappa shape index (κ3) is 3.19. The van der Waals surface area contributed by atoms with Crippen molar-refractivity contribution in [2.45, 2.75) is 45.4 Å². The molecule has 1 aliphatic rings. The van der Waals surface area contributed by atoms with Crippen LogP contribution in [0.25, 0.3) is 0 Å². The zero-order valence-corrected chi connectivity index (χ0v) is 11.9. The molecule has 1 saturated heterocycles. The molecule has 1 aromatic carbocycles. The molecule has 2 N–H and O–H groups in total. The first-order chi connectivity index (χ1) is 9.05. The normalized spacial score (nSPS) is 26.6. The average molecular weight is 265 g/mol. The fourth-order valence-electron chi connectivity index (χ4n) is 2.31. The van der Waals surface area contributed by atoms with E-state index >= 15 is 0 Å². The van der Waals surface area contributed by atoms with Gasteiger partial charge in [-0.15, -0.1) is 0 Å². The van der Waals surface area contributed by atoms with Crippen molar-refractivity contribution in [2.75, 3.05) is 13.2 Å². The van der Waals surface area contributed by atoms with Crippen LogP contribution in [0.2, 0.25) is 0 Å². The molecular formula is C15H23NO3. The first-order valence-corrected chi connectivity index (χ1v) is 6.86. The lowest BCUT2D eigenvalue weighted by atomic mass is 9.94. The van der Waals surface area contributed by atoms with E-state index in [4.69, 9.17) is 9.47 Å². The van der Waals surface area contributed by atoms with Gasteiger partial charge in [0.1, 0.15) is 0 Å². The summed E-state index contributed by atoms with van der Waals surface area (Å²) < 4.78 is 11.0. The molecule has 4 heteroatoms. The molecule has 1 aliphatic heterocycles. The zero-order chi connectivity index (χ0) is 13.9. The van der Waals surface area contributed by atoms with Gasteiger partial charge in [-0.05, 0) is 44.9 Å². The summed E-state index contributed by atoms with van der Waals surface area (Å²) in [5.74, 6) is 0.733. The minimum Gasteiger partial charge on any atom is -0.504 e. The summed E-state index contributed by atoms with van der Waals surface area (Å²) in [6, 6.07) is 5.48. The second-order valence-electron chi connectivity index (χ2n) is 5.27. The van der Waals surface area contributed by atoms with Crippen molar-refractivity contribution < 1.29 is 14.6 Å². The molecule has 0 spiro atoms. The number of benzene rings is 1. The number of ether oxygens (including phenoxy) is 2. The molecule has 2 atom stereocenters. The van der Waals surface area contributed by atoms with Crippen LogP contribution in [0.3, 0.4) is 0 Å². The Labute approximate surface area is 114 Å². The number of hydrogen-bond acceptors (Lipinski definition) is 4. The second kappa shape index (κ2) is 5.80. The lowest BCUT2D eigenvalue weighted by molar-refractivity contribution is 0.0881. The fourth-order valence-corrected chi connectivity index (χ4v) is 2.31. The summed E-state index contributed by atoms with van der Waals surface area (Å²) in [6.45, 7) is 8.29. The fraction of sp³-hybridized carbons (Fsp3) is 0.600. The average Bonchev–Trinajstić information content (AvgIpc) is 2.71. The number of phenolic OH excluding ortho intramolecular Hbond substituents is 1. The van der Waals surface area contributed by atoms with E-state index in [1.165, 1.54) is 0 Å². The summed E-state index contributed by atoms with van der Waals surface area (Å²) in [6.07, 6.45) is 1.24. The maximum absolute atomic E-state index is 9.67. The molecule has 0 bridgehead atoms. The predicted octanol–water partition coefficient (Wildman–Crippen LogP) is 2.45. The Kier molecular flexibility index (Phi) is 4.32. The lowest BCUT2D eigenvalue weighted by Gasteiger charge is -2.29. The third-order valence-electron chi connectivity index (χ3n) is 3.91. The van der Waals surface area contributed by atoms with Crippen LogP contribution < -0.4 is 10.1 Å². The first-order valence-electron chi connectivity index (χ1n) is 6.86. The van der Waals surface area contributed by atoms with Gasteiger partial charge in [0, 0.05) is 18.7 Å². The van der Waals surface area contributed by atoms with Gasteiger partial charge >= 0.3 is 0 Å². The predicted molar refractivity (Wildman–Crippen MR) is 74.6 cm³/mol. The summed E-state index contributed by atoms with van der Waals surface area (Å²) in [5, 5.41) is 13.2. The van der Waals surface area contributed by atoms with Crippen LogP contribution in [0.5, 0.6) is 11.5 Å². The molecule has 1 aromatic rings. The van der Waals surface area contributed by atoms with Crippen LogP contribution in [0.1, 0.15) is 32.8 Å². The molecule has 0 aromatic heterocycles. The molecule has 4 nitrogen and oxygen atoms in total. The summed E-state index contributed by atoms with van der Waals surface area (Å²) >= 11 is 0. The second-order valence-corrected chi connectivity index (χ2v) is 5.27. The van der Waals surface area contributed by atoms with E-state index in [-0.39, 0.29) is 17.4 Å². The van der Waals surface area contributed by atoms with Crippen LogP contribution in [-0.4, -0.2) is 30.0 Å². The van der Waals surface area contributed by atoms with E-state index in [1.807, 2.05) is 19.1 Å². The van der Waals surface area contributed by atoms with Gasteiger partial charge in [0.25, 0.3) is 0 Å². The van der Waals surface area contributed by atoms with Crippen LogP contribution in [0.4, 0.5) is 0 Å². The Morgan fingerprint density at radius 1 is 1.53 bits per heavy atom. The Morgan fingerprint density at radius 2 is 2.32 bits per heavy atom. The molecule has 0 amide bonds. The topological polar surface area (TPSA) is 50.7 Å². The minimum atomic E-state index is 0.0175. The number of phenols is 1. The SMILES string of the molecule is CCOc1cc(CNC2(C)CCOC2C)ccc1O. The van der Waals surface area contributed by atoms with Gasteiger partial charge in [-0.3, -0.25) is 0 Å². The van der Waals surface area contributed by atoms with Gasteiger partial charge < -0.3 is 19.9 Å². The molecule has 19 heavy (non-hydrogen) atoms. The Morgan fingerprint density at radius 3 is 2.95 bits per heavy atom. The van der Waals surface area contributed by atoms with E-state index in [9.17, 15) is 5.11 Å². The lowest BCUT2D eigenvalue weighted by Crippen LogP contribution is -2.47. The number of rotatable bonds is 5. The van der Waals surface area contributed by atoms with Gasteiger partial charge in [-0.2, -0.15) is 0 Å². The molecular weight excluding hydrogens is 242 g/mol. The number of aromatic hydroxyl groups is 1. The van der Waals surface area contributed by atoms with Crippen molar-refractivity contribution in [1.82, 2.24) is 5.32 Å². The van der Waals surface area contributed by atoms with Crippen molar-refractivity contribution in [3.05, 3.63) is 23.8 Å². The maximum atomic E-state index is 9.67. The molecule has 2 unspecified atom stereocenters. The smallest absolute Gasteiger partial charge is 0.161 e. The van der Waals surface area contributed by atoms with E-state index < -0.39 is 0 Å². The molecule has 106 valence electrons. The molecule has 0 saturated carbocycles. The molecule has 1 fully saturated rings.